The Kier molecular flexibility index (Phi) is 1.77. The van der Waals surface area contributed by atoms with Crippen LogP contribution in [0.4, 0.5) is 5.69 Å². The maximum absolute atomic E-state index is 3.63. The van der Waals surface area contributed by atoms with Crippen LogP contribution in [-0.4, -0.2) is 25.2 Å². The van der Waals surface area contributed by atoms with Gasteiger partial charge in [0.2, 0.25) is 0 Å². The van der Waals surface area contributed by atoms with Gasteiger partial charge in [-0.1, -0.05) is 18.2 Å². The predicted octanol–water partition coefficient (Wildman–Crippen LogP) is 1.63. The lowest BCUT2D eigenvalue weighted by Gasteiger charge is -2.35. The molecule has 1 heterocycles. The number of nitrogens with zero attached hydrogens (tertiary/aromatic N) is 1. The molecular formula is C12H16N2. The van der Waals surface area contributed by atoms with E-state index in [-0.39, 0.29) is 0 Å². The standard InChI is InChI=1S/C12H16N2/c1-2-4-11(5-3-1)14-9-8-13-12(10-14)6-7-12/h1-5,13H,6-10H2. The highest BCUT2D eigenvalue weighted by Gasteiger charge is 2.45. The van der Waals surface area contributed by atoms with E-state index in [0.29, 0.717) is 5.54 Å². The number of piperazine rings is 1. The van der Waals surface area contributed by atoms with E-state index in [9.17, 15) is 0 Å². The van der Waals surface area contributed by atoms with Crippen LogP contribution in [-0.2, 0) is 0 Å². The fraction of sp³-hybridized carbons (Fsp3) is 0.500. The third kappa shape index (κ3) is 1.40. The highest BCUT2D eigenvalue weighted by molar-refractivity contribution is 5.47. The molecule has 2 aliphatic rings. The molecule has 1 saturated carbocycles. The first-order valence-corrected chi connectivity index (χ1v) is 5.43. The first-order valence-electron chi connectivity index (χ1n) is 5.43. The molecule has 2 nitrogen and oxygen atoms in total. The van der Waals surface area contributed by atoms with Gasteiger partial charge in [0.25, 0.3) is 0 Å². The van der Waals surface area contributed by atoms with E-state index in [0.717, 1.165) is 13.1 Å². The SMILES string of the molecule is c1ccc(N2CCNC3(CC3)C2)cc1. The van der Waals surface area contributed by atoms with E-state index in [1.807, 2.05) is 0 Å². The average Bonchev–Trinajstić information content (AvgIpc) is 2.99. The lowest BCUT2D eigenvalue weighted by atomic mass is 10.1. The summed E-state index contributed by atoms with van der Waals surface area (Å²) >= 11 is 0. The van der Waals surface area contributed by atoms with Crippen molar-refractivity contribution in [2.45, 2.75) is 18.4 Å². The summed E-state index contributed by atoms with van der Waals surface area (Å²) in [5, 5.41) is 3.63. The molecule has 1 aliphatic carbocycles. The molecule has 1 aromatic carbocycles. The van der Waals surface area contributed by atoms with Crippen molar-refractivity contribution in [3.05, 3.63) is 30.3 Å². The zero-order chi connectivity index (χ0) is 9.43. The number of para-hydroxylation sites is 1. The largest absolute Gasteiger partial charge is 0.368 e. The summed E-state index contributed by atoms with van der Waals surface area (Å²) in [6.07, 6.45) is 2.71. The lowest BCUT2D eigenvalue weighted by molar-refractivity contribution is 0.442. The van der Waals surface area contributed by atoms with Crippen LogP contribution in [0, 0.1) is 0 Å². The second-order valence-corrected chi connectivity index (χ2v) is 4.46. The molecule has 14 heavy (non-hydrogen) atoms. The molecule has 2 heteroatoms. The van der Waals surface area contributed by atoms with Gasteiger partial charge in [-0.15, -0.1) is 0 Å². The van der Waals surface area contributed by atoms with Crippen molar-refractivity contribution in [1.29, 1.82) is 0 Å². The fourth-order valence-corrected chi connectivity index (χ4v) is 2.30. The van der Waals surface area contributed by atoms with E-state index >= 15 is 0 Å². The summed E-state index contributed by atoms with van der Waals surface area (Å²) in [5.74, 6) is 0. The van der Waals surface area contributed by atoms with Gasteiger partial charge in [0, 0.05) is 30.9 Å². The third-order valence-corrected chi connectivity index (χ3v) is 3.35. The molecule has 1 aliphatic heterocycles. The third-order valence-electron chi connectivity index (χ3n) is 3.35. The smallest absolute Gasteiger partial charge is 0.0367 e. The quantitative estimate of drug-likeness (QED) is 0.720. The first kappa shape index (κ1) is 8.30. The topological polar surface area (TPSA) is 15.3 Å². The molecule has 3 rings (SSSR count). The van der Waals surface area contributed by atoms with Crippen LogP contribution >= 0.6 is 0 Å². The maximum Gasteiger partial charge on any atom is 0.0367 e. The minimum atomic E-state index is 0.480. The van der Waals surface area contributed by atoms with E-state index in [2.05, 4.69) is 40.5 Å². The zero-order valence-electron chi connectivity index (χ0n) is 8.37. The van der Waals surface area contributed by atoms with Crippen LogP contribution in [0.25, 0.3) is 0 Å². The van der Waals surface area contributed by atoms with Crippen LogP contribution in [0.1, 0.15) is 12.8 Å². The van der Waals surface area contributed by atoms with Crippen molar-refractivity contribution in [1.82, 2.24) is 5.32 Å². The molecule has 1 N–H and O–H groups in total. The Morgan fingerprint density at radius 3 is 2.64 bits per heavy atom. The molecule has 0 atom stereocenters. The molecule has 1 aromatic rings. The Labute approximate surface area is 84.9 Å². The van der Waals surface area contributed by atoms with Gasteiger partial charge in [-0.3, -0.25) is 0 Å². The van der Waals surface area contributed by atoms with Gasteiger partial charge in [-0.25, -0.2) is 0 Å². The van der Waals surface area contributed by atoms with E-state index in [4.69, 9.17) is 0 Å². The molecule has 0 bridgehead atoms. The van der Waals surface area contributed by atoms with Crippen molar-refractivity contribution in [3.8, 4) is 0 Å². The fourth-order valence-electron chi connectivity index (χ4n) is 2.30. The number of anilines is 1. The van der Waals surface area contributed by atoms with E-state index < -0.39 is 0 Å². The van der Waals surface area contributed by atoms with Gasteiger partial charge in [0.05, 0.1) is 0 Å². The zero-order valence-corrected chi connectivity index (χ0v) is 8.37. The van der Waals surface area contributed by atoms with Gasteiger partial charge in [-0.2, -0.15) is 0 Å². The van der Waals surface area contributed by atoms with Crippen LogP contribution in [0.5, 0.6) is 0 Å². The van der Waals surface area contributed by atoms with Gasteiger partial charge in [-0.05, 0) is 25.0 Å². The van der Waals surface area contributed by atoms with Gasteiger partial charge < -0.3 is 10.2 Å². The maximum atomic E-state index is 3.63. The van der Waals surface area contributed by atoms with Gasteiger partial charge >= 0.3 is 0 Å². The van der Waals surface area contributed by atoms with Crippen LogP contribution in [0.3, 0.4) is 0 Å². The van der Waals surface area contributed by atoms with E-state index in [1.54, 1.807) is 0 Å². The second kappa shape index (κ2) is 2.99. The molecule has 2 fully saturated rings. The van der Waals surface area contributed by atoms with Crippen LogP contribution < -0.4 is 10.2 Å². The summed E-state index contributed by atoms with van der Waals surface area (Å²) < 4.78 is 0. The summed E-state index contributed by atoms with van der Waals surface area (Å²) in [6.45, 7) is 3.47. The second-order valence-electron chi connectivity index (χ2n) is 4.46. The Morgan fingerprint density at radius 2 is 1.93 bits per heavy atom. The Hall–Kier alpha value is -1.02. The number of hydrogen-bond donors (Lipinski definition) is 1. The first-order chi connectivity index (χ1) is 6.88. The van der Waals surface area contributed by atoms with Crippen molar-refractivity contribution in [2.24, 2.45) is 0 Å². The molecule has 0 aromatic heterocycles. The monoisotopic (exact) mass is 188 g/mol. The molecule has 74 valence electrons. The Balaban J connectivity index is 1.79. The van der Waals surface area contributed by atoms with Crippen LogP contribution in [0.15, 0.2) is 30.3 Å². The van der Waals surface area contributed by atoms with Crippen LogP contribution in [0.2, 0.25) is 0 Å². The van der Waals surface area contributed by atoms with Gasteiger partial charge in [0.1, 0.15) is 0 Å². The normalized spacial score (nSPS) is 23.9. The Bertz CT molecular complexity index is 316. The summed E-state index contributed by atoms with van der Waals surface area (Å²) in [4.78, 5) is 2.50. The number of nitrogens with one attached hydrogen (secondary N) is 1. The molecule has 1 saturated heterocycles. The highest BCUT2D eigenvalue weighted by Crippen LogP contribution is 2.38. The summed E-state index contributed by atoms with van der Waals surface area (Å²) in [6, 6.07) is 10.7. The van der Waals surface area contributed by atoms with Gasteiger partial charge in [0.15, 0.2) is 0 Å². The molecule has 1 spiro atoms. The number of benzene rings is 1. The highest BCUT2D eigenvalue weighted by atomic mass is 15.2. The molecule has 0 radical (unpaired) electrons. The number of hydrogen-bond acceptors (Lipinski definition) is 2. The molecule has 0 amide bonds. The Morgan fingerprint density at radius 1 is 1.14 bits per heavy atom. The van der Waals surface area contributed by atoms with Crippen molar-refractivity contribution in [2.75, 3.05) is 24.5 Å². The lowest BCUT2D eigenvalue weighted by Crippen LogP contribution is -2.52. The average molecular weight is 188 g/mol. The van der Waals surface area contributed by atoms with Crippen molar-refractivity contribution >= 4 is 5.69 Å². The summed E-state index contributed by atoms with van der Waals surface area (Å²) in [7, 11) is 0. The van der Waals surface area contributed by atoms with Crippen molar-refractivity contribution < 1.29 is 0 Å². The summed E-state index contributed by atoms with van der Waals surface area (Å²) in [5.41, 5.74) is 1.86. The molecular weight excluding hydrogens is 172 g/mol. The predicted molar refractivity (Wildman–Crippen MR) is 58.6 cm³/mol. The minimum absolute atomic E-state index is 0.480. The molecule has 0 unspecified atom stereocenters. The minimum Gasteiger partial charge on any atom is -0.368 e. The van der Waals surface area contributed by atoms with Crippen molar-refractivity contribution in [3.63, 3.8) is 0 Å². The number of rotatable bonds is 1. The van der Waals surface area contributed by atoms with E-state index in [1.165, 1.54) is 25.1 Å².